The van der Waals surface area contributed by atoms with Crippen molar-refractivity contribution in [2.45, 2.75) is 6.92 Å². The Morgan fingerprint density at radius 1 is 1.12 bits per heavy atom. The molecule has 1 N–H and O–H groups in total. The quantitative estimate of drug-likeness (QED) is 0.870. The smallest absolute Gasteiger partial charge is 0.161 e. The number of hydrogen-bond acceptors (Lipinski definition) is 2. The summed E-state index contributed by atoms with van der Waals surface area (Å²) >= 11 is 5.92. The predicted molar refractivity (Wildman–Crippen MR) is 69.8 cm³/mol. The van der Waals surface area contributed by atoms with E-state index in [2.05, 4.69) is 0 Å². The van der Waals surface area contributed by atoms with Gasteiger partial charge in [-0.15, -0.1) is 0 Å². The molecule has 0 aliphatic carbocycles. The van der Waals surface area contributed by atoms with Gasteiger partial charge in [0.25, 0.3) is 0 Å². The Balaban J connectivity index is 2.53. The molecule has 0 aromatic heterocycles. The molecule has 0 fully saturated rings. The molecule has 17 heavy (non-hydrogen) atoms. The summed E-state index contributed by atoms with van der Waals surface area (Å²) in [4.78, 5) is 0. The maximum Gasteiger partial charge on any atom is 0.161 e. The van der Waals surface area contributed by atoms with E-state index in [-0.39, 0.29) is 5.75 Å². The maximum atomic E-state index is 9.55. The molecule has 2 aromatic rings. The van der Waals surface area contributed by atoms with Gasteiger partial charge in [0.2, 0.25) is 0 Å². The first-order chi connectivity index (χ1) is 8.11. The van der Waals surface area contributed by atoms with Gasteiger partial charge >= 0.3 is 0 Å². The number of aromatic hydroxyl groups is 1. The highest BCUT2D eigenvalue weighted by Gasteiger charge is 2.06. The highest BCUT2D eigenvalue weighted by molar-refractivity contribution is 6.30. The molecule has 2 rings (SSSR count). The molecule has 2 nitrogen and oxygen atoms in total. The molecular formula is C14H13ClO2. The number of phenols is 1. The monoisotopic (exact) mass is 248 g/mol. The van der Waals surface area contributed by atoms with Crippen molar-refractivity contribution in [3.05, 3.63) is 47.0 Å². The minimum atomic E-state index is 0.142. The molecule has 88 valence electrons. The van der Waals surface area contributed by atoms with E-state index in [9.17, 15) is 5.11 Å². The van der Waals surface area contributed by atoms with Gasteiger partial charge in [0.15, 0.2) is 11.5 Å². The molecule has 0 unspecified atom stereocenters. The van der Waals surface area contributed by atoms with E-state index in [1.54, 1.807) is 6.07 Å². The van der Waals surface area contributed by atoms with Gasteiger partial charge in [-0.3, -0.25) is 0 Å². The van der Waals surface area contributed by atoms with E-state index in [0.717, 1.165) is 21.7 Å². The molecule has 0 heterocycles. The number of benzene rings is 2. The standard InChI is InChI=1S/C14H13ClO2/c1-9-7-11(15)4-5-12(9)10-3-6-13(16)14(8-10)17-2/h3-8,16H,1-2H3. The molecule has 0 bridgehead atoms. The van der Waals surface area contributed by atoms with Crippen LogP contribution in [0.15, 0.2) is 36.4 Å². The van der Waals surface area contributed by atoms with Gasteiger partial charge in [-0.25, -0.2) is 0 Å². The van der Waals surface area contributed by atoms with Gasteiger partial charge < -0.3 is 9.84 Å². The lowest BCUT2D eigenvalue weighted by molar-refractivity contribution is 0.373. The Kier molecular flexibility index (Phi) is 3.25. The Morgan fingerprint density at radius 2 is 1.88 bits per heavy atom. The van der Waals surface area contributed by atoms with Crippen LogP contribution in [0.5, 0.6) is 11.5 Å². The topological polar surface area (TPSA) is 29.5 Å². The van der Waals surface area contributed by atoms with Gasteiger partial charge in [0, 0.05) is 5.02 Å². The number of aryl methyl sites for hydroxylation is 1. The molecule has 0 atom stereocenters. The van der Waals surface area contributed by atoms with Crippen LogP contribution in [0.2, 0.25) is 5.02 Å². The third-order valence-corrected chi connectivity index (χ3v) is 2.91. The maximum absolute atomic E-state index is 9.55. The summed E-state index contributed by atoms with van der Waals surface area (Å²) in [6.45, 7) is 2.00. The molecule has 0 saturated heterocycles. The van der Waals surface area contributed by atoms with Crippen molar-refractivity contribution < 1.29 is 9.84 Å². The Labute approximate surface area is 105 Å². The average molecular weight is 249 g/mol. The van der Waals surface area contributed by atoms with Crippen LogP contribution in [0.4, 0.5) is 0 Å². The summed E-state index contributed by atoms with van der Waals surface area (Å²) in [6, 6.07) is 11.0. The van der Waals surface area contributed by atoms with Gasteiger partial charge in [-0.2, -0.15) is 0 Å². The summed E-state index contributed by atoms with van der Waals surface area (Å²) in [5.41, 5.74) is 3.16. The van der Waals surface area contributed by atoms with Crippen LogP contribution in [0, 0.1) is 6.92 Å². The number of phenolic OH excluding ortho intramolecular Hbond substituents is 1. The first-order valence-electron chi connectivity index (χ1n) is 5.25. The summed E-state index contributed by atoms with van der Waals surface area (Å²) in [7, 11) is 1.54. The van der Waals surface area contributed by atoms with Crippen LogP contribution in [0.25, 0.3) is 11.1 Å². The zero-order valence-corrected chi connectivity index (χ0v) is 10.5. The van der Waals surface area contributed by atoms with Crippen LogP contribution >= 0.6 is 11.6 Å². The lowest BCUT2D eigenvalue weighted by Crippen LogP contribution is -1.87. The second kappa shape index (κ2) is 4.68. The molecule has 0 radical (unpaired) electrons. The van der Waals surface area contributed by atoms with Gasteiger partial charge in [-0.05, 0) is 47.9 Å². The fourth-order valence-corrected chi connectivity index (χ4v) is 2.02. The Morgan fingerprint density at radius 3 is 2.53 bits per heavy atom. The largest absolute Gasteiger partial charge is 0.504 e. The Hall–Kier alpha value is -1.67. The summed E-state index contributed by atoms with van der Waals surface area (Å²) in [5.74, 6) is 0.611. The molecular weight excluding hydrogens is 236 g/mol. The number of halogens is 1. The lowest BCUT2D eigenvalue weighted by Gasteiger charge is -2.09. The fourth-order valence-electron chi connectivity index (χ4n) is 1.80. The minimum Gasteiger partial charge on any atom is -0.504 e. The number of methoxy groups -OCH3 is 1. The second-order valence-electron chi connectivity index (χ2n) is 3.85. The van der Waals surface area contributed by atoms with Crippen molar-refractivity contribution in [1.29, 1.82) is 0 Å². The first-order valence-corrected chi connectivity index (χ1v) is 5.63. The van der Waals surface area contributed by atoms with Crippen molar-refractivity contribution in [2.75, 3.05) is 7.11 Å². The molecule has 0 saturated carbocycles. The summed E-state index contributed by atoms with van der Waals surface area (Å²) in [6.07, 6.45) is 0. The van der Waals surface area contributed by atoms with Crippen molar-refractivity contribution in [2.24, 2.45) is 0 Å². The van der Waals surface area contributed by atoms with Crippen molar-refractivity contribution in [3.63, 3.8) is 0 Å². The third kappa shape index (κ3) is 2.37. The normalized spacial score (nSPS) is 10.3. The zero-order valence-electron chi connectivity index (χ0n) is 9.70. The molecule has 0 amide bonds. The molecule has 0 aliphatic rings. The van der Waals surface area contributed by atoms with E-state index in [4.69, 9.17) is 16.3 Å². The summed E-state index contributed by atoms with van der Waals surface area (Å²) < 4.78 is 5.09. The predicted octanol–water partition coefficient (Wildman–Crippen LogP) is 4.03. The SMILES string of the molecule is COc1cc(-c2ccc(Cl)cc2C)ccc1O. The van der Waals surface area contributed by atoms with E-state index < -0.39 is 0 Å². The van der Waals surface area contributed by atoms with Crippen LogP contribution in [0.3, 0.4) is 0 Å². The van der Waals surface area contributed by atoms with Gasteiger partial charge in [-0.1, -0.05) is 23.7 Å². The van der Waals surface area contributed by atoms with E-state index in [1.165, 1.54) is 7.11 Å². The number of hydrogen-bond donors (Lipinski definition) is 1. The summed E-state index contributed by atoms with van der Waals surface area (Å²) in [5, 5.41) is 10.3. The van der Waals surface area contributed by atoms with Crippen LogP contribution in [0.1, 0.15) is 5.56 Å². The lowest BCUT2D eigenvalue weighted by atomic mass is 10.0. The fraction of sp³-hybridized carbons (Fsp3) is 0.143. The minimum absolute atomic E-state index is 0.142. The van der Waals surface area contributed by atoms with Crippen LogP contribution in [-0.2, 0) is 0 Å². The highest BCUT2D eigenvalue weighted by Crippen LogP contribution is 2.33. The first kappa shape index (κ1) is 11.8. The van der Waals surface area contributed by atoms with Crippen LogP contribution < -0.4 is 4.74 Å². The zero-order chi connectivity index (χ0) is 12.4. The van der Waals surface area contributed by atoms with Gasteiger partial charge in [0.1, 0.15) is 0 Å². The van der Waals surface area contributed by atoms with E-state index >= 15 is 0 Å². The Bertz CT molecular complexity index is 550. The number of rotatable bonds is 2. The van der Waals surface area contributed by atoms with Crippen LogP contribution in [-0.4, -0.2) is 12.2 Å². The third-order valence-electron chi connectivity index (χ3n) is 2.68. The molecule has 0 spiro atoms. The van der Waals surface area contributed by atoms with Crippen molar-refractivity contribution >= 4 is 11.6 Å². The molecule has 3 heteroatoms. The van der Waals surface area contributed by atoms with Crippen molar-refractivity contribution in [3.8, 4) is 22.6 Å². The second-order valence-corrected chi connectivity index (χ2v) is 4.28. The van der Waals surface area contributed by atoms with Crippen molar-refractivity contribution in [1.82, 2.24) is 0 Å². The molecule has 0 aliphatic heterocycles. The van der Waals surface area contributed by atoms with E-state index in [1.807, 2.05) is 37.3 Å². The average Bonchev–Trinajstić information content (AvgIpc) is 2.30. The highest BCUT2D eigenvalue weighted by atomic mass is 35.5. The van der Waals surface area contributed by atoms with Gasteiger partial charge in [0.05, 0.1) is 7.11 Å². The number of ether oxygens (including phenoxy) is 1. The molecule has 2 aromatic carbocycles. The van der Waals surface area contributed by atoms with E-state index in [0.29, 0.717) is 5.75 Å².